The first kappa shape index (κ1) is 14.9. The Bertz CT molecular complexity index is 498. The minimum absolute atomic E-state index is 0.225. The fourth-order valence-electron chi connectivity index (χ4n) is 2.87. The summed E-state index contributed by atoms with van der Waals surface area (Å²) in [6.45, 7) is 6.57. The van der Waals surface area contributed by atoms with Gasteiger partial charge in [-0.2, -0.15) is 0 Å². The molecule has 20 heavy (non-hydrogen) atoms. The van der Waals surface area contributed by atoms with Crippen LogP contribution in [0.15, 0.2) is 24.3 Å². The molecule has 0 spiro atoms. The molecule has 1 aromatic rings. The van der Waals surface area contributed by atoms with E-state index < -0.39 is 5.54 Å². The van der Waals surface area contributed by atoms with E-state index in [0.717, 1.165) is 11.3 Å². The minimum atomic E-state index is -0.720. The summed E-state index contributed by atoms with van der Waals surface area (Å²) in [5, 5.41) is 3.41. The van der Waals surface area contributed by atoms with Crippen molar-refractivity contribution in [2.45, 2.75) is 44.8 Å². The van der Waals surface area contributed by atoms with E-state index in [1.54, 1.807) is 0 Å². The second-order valence-electron chi connectivity index (χ2n) is 6.05. The molecule has 1 N–H and O–H groups in total. The number of carbonyl (C=O) groups excluding carboxylic acids is 1. The van der Waals surface area contributed by atoms with Gasteiger partial charge < -0.3 is 14.8 Å². The number of methoxy groups -OCH3 is 1. The fraction of sp³-hybridized carbons (Fsp3) is 0.562. The lowest BCUT2D eigenvalue weighted by atomic mass is 9.81. The molecule has 4 nitrogen and oxygen atoms in total. The maximum absolute atomic E-state index is 12.4. The van der Waals surface area contributed by atoms with E-state index in [4.69, 9.17) is 9.47 Å². The van der Waals surface area contributed by atoms with Crippen molar-refractivity contribution < 1.29 is 14.3 Å². The zero-order valence-electron chi connectivity index (χ0n) is 12.7. The zero-order chi connectivity index (χ0) is 14.8. The predicted molar refractivity (Wildman–Crippen MR) is 78.8 cm³/mol. The average Bonchev–Trinajstić information content (AvgIpc) is 2.39. The van der Waals surface area contributed by atoms with Gasteiger partial charge in [0, 0.05) is 18.5 Å². The second kappa shape index (κ2) is 5.44. The van der Waals surface area contributed by atoms with Gasteiger partial charge >= 0.3 is 5.97 Å². The first-order valence-electron chi connectivity index (χ1n) is 6.95. The molecule has 4 heteroatoms. The third-order valence-corrected chi connectivity index (χ3v) is 3.84. The Labute approximate surface area is 120 Å². The van der Waals surface area contributed by atoms with E-state index in [2.05, 4.69) is 5.32 Å². The SMILES string of the molecule is COC(=O)C1(Nc2ccccc2C)CCOC(C)(C)C1. The lowest BCUT2D eigenvalue weighted by Gasteiger charge is -2.43. The van der Waals surface area contributed by atoms with Crippen LogP contribution in [0, 0.1) is 6.92 Å². The van der Waals surface area contributed by atoms with Crippen LogP contribution in [0.2, 0.25) is 0 Å². The van der Waals surface area contributed by atoms with Crippen LogP contribution in [-0.2, 0) is 14.3 Å². The van der Waals surface area contributed by atoms with E-state index in [-0.39, 0.29) is 11.6 Å². The maximum atomic E-state index is 12.4. The Hall–Kier alpha value is -1.55. The molecule has 1 heterocycles. The van der Waals surface area contributed by atoms with Crippen LogP contribution in [0.25, 0.3) is 0 Å². The number of aryl methyl sites for hydroxylation is 1. The summed E-state index contributed by atoms with van der Waals surface area (Å²) in [6.07, 6.45) is 1.19. The molecule has 1 aliphatic heterocycles. The molecule has 1 unspecified atom stereocenters. The molecule has 1 atom stereocenters. The third kappa shape index (κ3) is 2.96. The molecule has 0 saturated carbocycles. The van der Waals surface area contributed by atoms with Gasteiger partial charge in [0.05, 0.1) is 19.3 Å². The number of esters is 1. The van der Waals surface area contributed by atoms with Crippen LogP contribution < -0.4 is 5.32 Å². The second-order valence-corrected chi connectivity index (χ2v) is 6.05. The molecular formula is C16H23NO3. The van der Waals surface area contributed by atoms with Crippen LogP contribution in [0.4, 0.5) is 5.69 Å². The molecule has 0 aromatic heterocycles. The van der Waals surface area contributed by atoms with Crippen LogP contribution in [0.1, 0.15) is 32.3 Å². The number of para-hydroxylation sites is 1. The standard InChI is InChI=1S/C16H23NO3/c1-12-7-5-6-8-13(12)17-16(14(18)19-4)9-10-20-15(2,3)11-16/h5-8,17H,9-11H2,1-4H3. The van der Waals surface area contributed by atoms with Crippen molar-refractivity contribution in [2.75, 3.05) is 19.0 Å². The smallest absolute Gasteiger partial charge is 0.331 e. The number of hydrogen-bond acceptors (Lipinski definition) is 4. The highest BCUT2D eigenvalue weighted by Gasteiger charge is 2.47. The highest BCUT2D eigenvalue weighted by molar-refractivity contribution is 5.85. The topological polar surface area (TPSA) is 47.6 Å². The predicted octanol–water partition coefficient (Wildman–Crippen LogP) is 2.91. The summed E-state index contributed by atoms with van der Waals surface area (Å²) in [5.74, 6) is -0.225. The highest BCUT2D eigenvalue weighted by atomic mass is 16.5. The Morgan fingerprint density at radius 2 is 2.05 bits per heavy atom. The van der Waals surface area contributed by atoms with Crippen LogP contribution >= 0.6 is 0 Å². The molecule has 1 aromatic carbocycles. The van der Waals surface area contributed by atoms with Gasteiger partial charge in [-0.05, 0) is 32.4 Å². The van der Waals surface area contributed by atoms with Gasteiger partial charge in [0.2, 0.25) is 0 Å². The molecule has 0 aliphatic carbocycles. The summed E-state index contributed by atoms with van der Waals surface area (Å²) in [6, 6.07) is 7.96. The lowest BCUT2D eigenvalue weighted by molar-refractivity contribution is -0.156. The number of anilines is 1. The molecule has 0 radical (unpaired) electrons. The van der Waals surface area contributed by atoms with Crippen molar-refractivity contribution in [3.8, 4) is 0 Å². The van der Waals surface area contributed by atoms with Crippen LogP contribution in [0.3, 0.4) is 0 Å². The van der Waals surface area contributed by atoms with Crippen molar-refractivity contribution in [3.05, 3.63) is 29.8 Å². The lowest BCUT2D eigenvalue weighted by Crippen LogP contribution is -2.56. The Morgan fingerprint density at radius 3 is 2.65 bits per heavy atom. The third-order valence-electron chi connectivity index (χ3n) is 3.84. The summed E-state index contributed by atoms with van der Waals surface area (Å²) in [5.41, 5.74) is 1.01. The molecule has 0 bridgehead atoms. The molecular weight excluding hydrogens is 254 g/mol. The largest absolute Gasteiger partial charge is 0.467 e. The highest BCUT2D eigenvalue weighted by Crippen LogP contribution is 2.36. The van der Waals surface area contributed by atoms with Gasteiger partial charge in [0.15, 0.2) is 0 Å². The summed E-state index contributed by atoms with van der Waals surface area (Å²) in [4.78, 5) is 12.4. The van der Waals surface area contributed by atoms with Gasteiger partial charge in [0.1, 0.15) is 5.54 Å². The van der Waals surface area contributed by atoms with E-state index in [1.165, 1.54) is 7.11 Å². The average molecular weight is 277 g/mol. The minimum Gasteiger partial charge on any atom is -0.467 e. The van der Waals surface area contributed by atoms with Crippen LogP contribution in [0.5, 0.6) is 0 Å². The van der Waals surface area contributed by atoms with E-state index in [1.807, 2.05) is 45.0 Å². The van der Waals surface area contributed by atoms with Crippen molar-refractivity contribution >= 4 is 11.7 Å². The summed E-state index contributed by atoms with van der Waals surface area (Å²) >= 11 is 0. The zero-order valence-corrected chi connectivity index (χ0v) is 12.7. The van der Waals surface area contributed by atoms with E-state index >= 15 is 0 Å². The number of nitrogens with one attached hydrogen (secondary N) is 1. The van der Waals surface area contributed by atoms with Crippen molar-refractivity contribution in [2.24, 2.45) is 0 Å². The molecule has 1 aliphatic rings. The summed E-state index contributed by atoms with van der Waals surface area (Å²) < 4.78 is 10.8. The summed E-state index contributed by atoms with van der Waals surface area (Å²) in [7, 11) is 1.44. The molecule has 2 rings (SSSR count). The normalized spacial score (nSPS) is 25.0. The Kier molecular flexibility index (Phi) is 4.04. The van der Waals surface area contributed by atoms with Crippen molar-refractivity contribution in [1.82, 2.24) is 0 Å². The van der Waals surface area contributed by atoms with E-state index in [9.17, 15) is 4.79 Å². The fourth-order valence-corrected chi connectivity index (χ4v) is 2.87. The van der Waals surface area contributed by atoms with Gasteiger partial charge in [-0.3, -0.25) is 0 Å². The van der Waals surface area contributed by atoms with Gasteiger partial charge in [-0.15, -0.1) is 0 Å². The number of carbonyl (C=O) groups is 1. The monoisotopic (exact) mass is 277 g/mol. The van der Waals surface area contributed by atoms with Gasteiger partial charge in [-0.1, -0.05) is 18.2 Å². The first-order chi connectivity index (χ1) is 9.38. The Morgan fingerprint density at radius 1 is 1.35 bits per heavy atom. The first-order valence-corrected chi connectivity index (χ1v) is 6.95. The van der Waals surface area contributed by atoms with Crippen LogP contribution in [-0.4, -0.2) is 30.8 Å². The maximum Gasteiger partial charge on any atom is 0.331 e. The number of rotatable bonds is 3. The molecule has 110 valence electrons. The quantitative estimate of drug-likeness (QED) is 0.863. The molecule has 0 amide bonds. The Balaban J connectivity index is 2.33. The van der Waals surface area contributed by atoms with E-state index in [0.29, 0.717) is 19.4 Å². The molecule has 1 saturated heterocycles. The van der Waals surface area contributed by atoms with Crippen molar-refractivity contribution in [3.63, 3.8) is 0 Å². The number of benzene rings is 1. The van der Waals surface area contributed by atoms with Gasteiger partial charge in [-0.25, -0.2) is 4.79 Å². The molecule has 1 fully saturated rings. The number of hydrogen-bond donors (Lipinski definition) is 1. The number of ether oxygens (including phenoxy) is 2. The van der Waals surface area contributed by atoms with Crippen molar-refractivity contribution in [1.29, 1.82) is 0 Å². The van der Waals surface area contributed by atoms with Gasteiger partial charge in [0.25, 0.3) is 0 Å².